The number of rotatable bonds is 10. The van der Waals surface area contributed by atoms with Crippen LogP contribution in [0.25, 0.3) is 11.4 Å². The van der Waals surface area contributed by atoms with Gasteiger partial charge in [-0.05, 0) is 47.9 Å². The highest BCUT2D eigenvalue weighted by Gasteiger charge is 2.23. The molecule has 37 heavy (non-hydrogen) atoms. The van der Waals surface area contributed by atoms with Crippen molar-refractivity contribution in [2.75, 3.05) is 20.8 Å². The fourth-order valence-electron chi connectivity index (χ4n) is 4.38. The van der Waals surface area contributed by atoms with Gasteiger partial charge in [0.05, 0.1) is 20.8 Å². The Morgan fingerprint density at radius 2 is 1.84 bits per heavy atom. The molecule has 0 atom stereocenters. The van der Waals surface area contributed by atoms with Gasteiger partial charge in [0.2, 0.25) is 17.6 Å². The van der Waals surface area contributed by atoms with Crippen molar-refractivity contribution < 1.29 is 19.1 Å². The Labute approximate surface area is 220 Å². The van der Waals surface area contributed by atoms with Gasteiger partial charge < -0.3 is 19.7 Å². The average Bonchev–Trinajstić information content (AvgIpc) is 3.38. The number of amides is 2. The van der Waals surface area contributed by atoms with E-state index in [1.807, 2.05) is 18.2 Å². The minimum absolute atomic E-state index is 0.0855. The minimum atomic E-state index is -0.324. The Morgan fingerprint density at radius 3 is 2.57 bits per heavy atom. The number of carbonyl (C=O) groups excluding carboxylic acids is 2. The quantitative estimate of drug-likeness (QED) is 0.430. The third-order valence-corrected chi connectivity index (χ3v) is 6.72. The van der Waals surface area contributed by atoms with Gasteiger partial charge in [0.25, 0.3) is 0 Å². The summed E-state index contributed by atoms with van der Waals surface area (Å²) in [6.45, 7) is -0.0763. The second-order valence-electron chi connectivity index (χ2n) is 8.96. The lowest BCUT2D eigenvalue weighted by Gasteiger charge is -2.26. The number of nitrogens with zero attached hydrogens (tertiary/aromatic N) is 5. The molecular formula is C26H31ClN6O4. The van der Waals surface area contributed by atoms with E-state index in [1.165, 1.54) is 16.1 Å². The van der Waals surface area contributed by atoms with E-state index in [-0.39, 0.29) is 37.5 Å². The van der Waals surface area contributed by atoms with Crippen molar-refractivity contribution >= 4 is 23.4 Å². The van der Waals surface area contributed by atoms with Crippen molar-refractivity contribution in [1.29, 1.82) is 0 Å². The highest BCUT2D eigenvalue weighted by molar-refractivity contribution is 6.31. The standard InChI is InChI=1S/C26H31ClN6O4/c1-36-22-13-12-18(14-23(22)37-2)26-29-31-33(30-26)17-25(35)32(15-19-8-6-7-11-21(19)27)16-24(34)28-20-9-4-3-5-10-20/h6-8,11-14,20H,3-5,9-10,15-17H2,1-2H3,(H,28,34). The molecule has 4 rings (SSSR count). The fraction of sp³-hybridized carbons (Fsp3) is 0.423. The van der Waals surface area contributed by atoms with Crippen LogP contribution in [-0.2, 0) is 22.7 Å². The molecule has 1 fully saturated rings. The number of halogens is 1. The summed E-state index contributed by atoms with van der Waals surface area (Å²) in [5.74, 6) is 0.930. The van der Waals surface area contributed by atoms with Crippen molar-refractivity contribution in [2.45, 2.75) is 51.2 Å². The van der Waals surface area contributed by atoms with E-state index in [2.05, 4.69) is 20.7 Å². The molecule has 0 aliphatic heterocycles. The van der Waals surface area contributed by atoms with Gasteiger partial charge in [-0.1, -0.05) is 49.1 Å². The third-order valence-electron chi connectivity index (χ3n) is 6.35. The van der Waals surface area contributed by atoms with Gasteiger partial charge in [-0.15, -0.1) is 10.2 Å². The molecule has 1 heterocycles. The topological polar surface area (TPSA) is 111 Å². The van der Waals surface area contributed by atoms with Gasteiger partial charge in [-0.3, -0.25) is 9.59 Å². The molecule has 1 aromatic heterocycles. The highest BCUT2D eigenvalue weighted by Crippen LogP contribution is 2.30. The molecule has 1 aliphatic carbocycles. The molecule has 196 valence electrons. The predicted octanol–water partition coefficient (Wildman–Crippen LogP) is 3.49. The van der Waals surface area contributed by atoms with Crippen LogP contribution in [0.2, 0.25) is 5.02 Å². The van der Waals surface area contributed by atoms with Crippen molar-refractivity contribution in [3.8, 4) is 22.9 Å². The summed E-state index contributed by atoms with van der Waals surface area (Å²) in [5.41, 5.74) is 1.41. The first kappa shape index (κ1) is 26.4. The molecular weight excluding hydrogens is 496 g/mol. The van der Waals surface area contributed by atoms with Gasteiger partial charge in [0, 0.05) is 23.2 Å². The van der Waals surface area contributed by atoms with Crippen LogP contribution in [-0.4, -0.2) is 63.7 Å². The Balaban J connectivity index is 1.47. The number of hydrogen-bond acceptors (Lipinski definition) is 7. The van der Waals surface area contributed by atoms with Crippen LogP contribution in [0.15, 0.2) is 42.5 Å². The lowest BCUT2D eigenvalue weighted by molar-refractivity contribution is -0.137. The first-order chi connectivity index (χ1) is 18.0. The zero-order chi connectivity index (χ0) is 26.2. The molecule has 2 amide bonds. The Kier molecular flexibility index (Phi) is 8.95. The third kappa shape index (κ3) is 6.97. The largest absolute Gasteiger partial charge is 0.493 e. The molecule has 0 bridgehead atoms. The van der Waals surface area contributed by atoms with Crippen molar-refractivity contribution in [3.63, 3.8) is 0 Å². The summed E-state index contributed by atoms with van der Waals surface area (Å²) < 4.78 is 10.6. The lowest BCUT2D eigenvalue weighted by Crippen LogP contribution is -2.45. The molecule has 1 N–H and O–H groups in total. The van der Waals surface area contributed by atoms with E-state index >= 15 is 0 Å². The SMILES string of the molecule is COc1ccc(-c2nnn(CC(=O)N(CC(=O)NC3CCCCC3)Cc3ccccc3Cl)n2)cc1OC. The van der Waals surface area contributed by atoms with Crippen LogP contribution in [0.5, 0.6) is 11.5 Å². The van der Waals surface area contributed by atoms with Crippen molar-refractivity contribution in [1.82, 2.24) is 30.4 Å². The van der Waals surface area contributed by atoms with Gasteiger partial charge >= 0.3 is 0 Å². The summed E-state index contributed by atoms with van der Waals surface area (Å²) in [5, 5.41) is 16.1. The minimum Gasteiger partial charge on any atom is -0.493 e. The molecule has 0 unspecified atom stereocenters. The summed E-state index contributed by atoms with van der Waals surface area (Å²) in [4.78, 5) is 28.9. The molecule has 11 heteroatoms. The Bertz CT molecular complexity index is 1230. The van der Waals surface area contributed by atoms with Gasteiger partial charge in [0.1, 0.15) is 6.54 Å². The molecule has 0 radical (unpaired) electrons. The molecule has 1 saturated carbocycles. The first-order valence-corrected chi connectivity index (χ1v) is 12.7. The molecule has 3 aromatic rings. The number of tetrazole rings is 1. The van der Waals surface area contributed by atoms with Crippen molar-refractivity contribution in [2.24, 2.45) is 0 Å². The van der Waals surface area contributed by atoms with Crippen LogP contribution in [0.1, 0.15) is 37.7 Å². The van der Waals surface area contributed by atoms with E-state index in [1.54, 1.807) is 38.5 Å². The molecule has 0 spiro atoms. The van der Waals surface area contributed by atoms with Crippen molar-refractivity contribution in [3.05, 3.63) is 53.1 Å². The number of aromatic nitrogens is 4. The van der Waals surface area contributed by atoms with Crippen LogP contribution in [0.4, 0.5) is 0 Å². The Hall–Kier alpha value is -3.66. The van der Waals surface area contributed by atoms with Gasteiger partial charge in [0.15, 0.2) is 11.5 Å². The monoisotopic (exact) mass is 526 g/mol. The molecule has 1 aliphatic rings. The van der Waals surface area contributed by atoms with E-state index in [4.69, 9.17) is 21.1 Å². The summed E-state index contributed by atoms with van der Waals surface area (Å²) in [7, 11) is 3.10. The second kappa shape index (κ2) is 12.5. The van der Waals surface area contributed by atoms with Crippen LogP contribution in [0.3, 0.4) is 0 Å². The maximum absolute atomic E-state index is 13.3. The van der Waals surface area contributed by atoms with E-state index in [0.29, 0.717) is 27.9 Å². The van der Waals surface area contributed by atoms with Crippen LogP contribution >= 0.6 is 11.6 Å². The van der Waals surface area contributed by atoms with Gasteiger partial charge in [-0.2, -0.15) is 4.80 Å². The number of ether oxygens (including phenoxy) is 2. The summed E-state index contributed by atoms with van der Waals surface area (Å²) in [6.07, 6.45) is 5.33. The van der Waals surface area contributed by atoms with Crippen LogP contribution < -0.4 is 14.8 Å². The molecule has 2 aromatic carbocycles. The highest BCUT2D eigenvalue weighted by atomic mass is 35.5. The van der Waals surface area contributed by atoms with Gasteiger partial charge in [-0.25, -0.2) is 0 Å². The number of methoxy groups -OCH3 is 2. The fourth-order valence-corrected chi connectivity index (χ4v) is 4.58. The number of benzene rings is 2. The van der Waals surface area contributed by atoms with Crippen LogP contribution in [0, 0.1) is 0 Å². The van der Waals surface area contributed by atoms with E-state index in [9.17, 15) is 9.59 Å². The zero-order valence-electron chi connectivity index (χ0n) is 21.0. The van der Waals surface area contributed by atoms with E-state index < -0.39 is 0 Å². The zero-order valence-corrected chi connectivity index (χ0v) is 21.8. The maximum Gasteiger partial charge on any atom is 0.247 e. The summed E-state index contributed by atoms with van der Waals surface area (Å²) >= 11 is 6.35. The second-order valence-corrected chi connectivity index (χ2v) is 9.36. The van der Waals surface area contributed by atoms with E-state index in [0.717, 1.165) is 31.2 Å². The Morgan fingerprint density at radius 1 is 1.08 bits per heavy atom. The average molecular weight is 527 g/mol. The predicted molar refractivity (Wildman–Crippen MR) is 138 cm³/mol. The smallest absolute Gasteiger partial charge is 0.247 e. The number of nitrogens with one attached hydrogen (secondary N) is 1. The number of carbonyl (C=O) groups is 2. The maximum atomic E-state index is 13.3. The number of hydrogen-bond donors (Lipinski definition) is 1. The molecule has 0 saturated heterocycles. The lowest BCUT2D eigenvalue weighted by atomic mass is 9.95. The normalized spacial score (nSPS) is 13.7. The molecule has 10 nitrogen and oxygen atoms in total. The first-order valence-electron chi connectivity index (χ1n) is 12.3. The summed E-state index contributed by atoms with van der Waals surface area (Å²) in [6, 6.07) is 12.7.